The lowest BCUT2D eigenvalue weighted by molar-refractivity contribution is -0.155. The van der Waals surface area contributed by atoms with Crippen LogP contribution < -0.4 is 0 Å². The van der Waals surface area contributed by atoms with E-state index in [1.165, 1.54) is 0 Å². The van der Waals surface area contributed by atoms with Gasteiger partial charge in [-0.25, -0.2) is 0 Å². The molecule has 18 heavy (non-hydrogen) atoms. The van der Waals surface area contributed by atoms with Crippen LogP contribution in [-0.2, 0) is 16.1 Å². The van der Waals surface area contributed by atoms with E-state index in [1.54, 1.807) is 6.20 Å². The average molecular weight is 250 g/mol. The van der Waals surface area contributed by atoms with Gasteiger partial charge in [0.2, 0.25) is 0 Å². The van der Waals surface area contributed by atoms with E-state index < -0.39 is 5.60 Å². The first-order valence-corrected chi connectivity index (χ1v) is 6.17. The van der Waals surface area contributed by atoms with Crippen LogP contribution in [-0.4, -0.2) is 35.0 Å². The Kier molecular flexibility index (Phi) is 5.28. The van der Waals surface area contributed by atoms with E-state index in [2.05, 4.69) is 9.88 Å². The summed E-state index contributed by atoms with van der Waals surface area (Å²) >= 11 is 0. The van der Waals surface area contributed by atoms with E-state index in [0.717, 1.165) is 12.2 Å². The molecule has 1 heterocycles. The van der Waals surface area contributed by atoms with Crippen LogP contribution in [0, 0.1) is 0 Å². The molecule has 0 aliphatic carbocycles. The molecule has 4 heteroatoms. The second kappa shape index (κ2) is 6.50. The number of rotatable bonds is 5. The molecule has 0 aliphatic heterocycles. The van der Waals surface area contributed by atoms with Gasteiger partial charge < -0.3 is 4.74 Å². The van der Waals surface area contributed by atoms with Gasteiger partial charge in [-0.05, 0) is 40.0 Å². The molecule has 0 spiro atoms. The van der Waals surface area contributed by atoms with Crippen LogP contribution in [0.25, 0.3) is 0 Å². The van der Waals surface area contributed by atoms with Gasteiger partial charge in [-0.3, -0.25) is 14.7 Å². The van der Waals surface area contributed by atoms with Crippen molar-refractivity contribution in [3.63, 3.8) is 0 Å². The van der Waals surface area contributed by atoms with Crippen LogP contribution in [0.5, 0.6) is 0 Å². The smallest absolute Gasteiger partial charge is 0.307 e. The molecule has 0 N–H and O–H groups in total. The van der Waals surface area contributed by atoms with Crippen molar-refractivity contribution in [2.75, 3.05) is 13.6 Å². The molecular weight excluding hydrogens is 228 g/mol. The molecule has 1 aromatic heterocycles. The van der Waals surface area contributed by atoms with Crippen LogP contribution in [0.4, 0.5) is 0 Å². The second-order valence-electron chi connectivity index (χ2n) is 5.40. The molecule has 1 rings (SSSR count). The molecule has 100 valence electrons. The summed E-state index contributed by atoms with van der Waals surface area (Å²) in [5.74, 6) is -0.157. The van der Waals surface area contributed by atoms with Crippen LogP contribution in [0.3, 0.4) is 0 Å². The molecule has 0 radical (unpaired) electrons. The quantitative estimate of drug-likeness (QED) is 0.752. The lowest BCUT2D eigenvalue weighted by atomic mass is 10.2. The molecule has 0 bridgehead atoms. The number of pyridine rings is 1. The van der Waals surface area contributed by atoms with Crippen molar-refractivity contribution < 1.29 is 9.53 Å². The summed E-state index contributed by atoms with van der Waals surface area (Å²) in [7, 11) is 1.97. The Labute approximate surface area is 109 Å². The summed E-state index contributed by atoms with van der Waals surface area (Å²) in [5.41, 5.74) is 0.598. The van der Waals surface area contributed by atoms with Crippen molar-refractivity contribution in [2.45, 2.75) is 39.3 Å². The maximum Gasteiger partial charge on any atom is 0.307 e. The van der Waals surface area contributed by atoms with E-state index in [4.69, 9.17) is 4.74 Å². The summed E-state index contributed by atoms with van der Waals surface area (Å²) in [6.45, 7) is 7.04. The van der Waals surface area contributed by atoms with Gasteiger partial charge in [-0.1, -0.05) is 6.07 Å². The highest BCUT2D eigenvalue weighted by atomic mass is 16.6. The normalized spacial score (nSPS) is 11.6. The summed E-state index contributed by atoms with van der Waals surface area (Å²) in [6.07, 6.45) is 2.18. The number of nitrogens with zero attached hydrogens (tertiary/aromatic N) is 2. The third-order valence-corrected chi connectivity index (χ3v) is 2.28. The molecule has 0 unspecified atom stereocenters. The van der Waals surface area contributed by atoms with Crippen molar-refractivity contribution in [2.24, 2.45) is 0 Å². The standard InChI is InChI=1S/C14H22N2O2/c1-14(2,3)18-13(17)8-10-16(4)11-12-7-5-6-9-15-12/h5-7,9H,8,10-11H2,1-4H3. The summed E-state index contributed by atoms with van der Waals surface area (Å²) < 4.78 is 5.26. The largest absolute Gasteiger partial charge is 0.460 e. The number of esters is 1. The highest BCUT2D eigenvalue weighted by Crippen LogP contribution is 2.08. The predicted molar refractivity (Wildman–Crippen MR) is 71.0 cm³/mol. The molecule has 0 saturated carbocycles. The maximum atomic E-state index is 11.6. The predicted octanol–water partition coefficient (Wildman–Crippen LogP) is 2.25. The SMILES string of the molecule is CN(CCC(=O)OC(C)(C)C)Cc1ccccn1. The summed E-state index contributed by atoms with van der Waals surface area (Å²) in [5, 5.41) is 0. The zero-order chi connectivity index (χ0) is 13.6. The van der Waals surface area contributed by atoms with Gasteiger partial charge in [0.1, 0.15) is 5.60 Å². The molecule has 0 saturated heterocycles. The molecular formula is C14H22N2O2. The molecule has 0 aromatic carbocycles. The van der Waals surface area contributed by atoms with Gasteiger partial charge >= 0.3 is 5.97 Å². The highest BCUT2D eigenvalue weighted by Gasteiger charge is 2.16. The first-order chi connectivity index (χ1) is 8.37. The van der Waals surface area contributed by atoms with E-state index in [1.807, 2.05) is 46.0 Å². The zero-order valence-corrected chi connectivity index (χ0v) is 11.6. The fraction of sp³-hybridized carbons (Fsp3) is 0.571. The lowest BCUT2D eigenvalue weighted by Gasteiger charge is -2.21. The van der Waals surface area contributed by atoms with Gasteiger partial charge in [0, 0.05) is 19.3 Å². The fourth-order valence-corrected chi connectivity index (χ4v) is 1.52. The van der Waals surface area contributed by atoms with E-state index in [9.17, 15) is 4.79 Å². The Morgan fingerprint density at radius 2 is 2.11 bits per heavy atom. The van der Waals surface area contributed by atoms with E-state index in [-0.39, 0.29) is 5.97 Å². The molecule has 0 atom stereocenters. The second-order valence-corrected chi connectivity index (χ2v) is 5.40. The van der Waals surface area contributed by atoms with Crippen molar-refractivity contribution in [3.8, 4) is 0 Å². The van der Waals surface area contributed by atoms with Gasteiger partial charge in [-0.2, -0.15) is 0 Å². The summed E-state index contributed by atoms with van der Waals surface area (Å²) in [4.78, 5) is 17.9. The van der Waals surface area contributed by atoms with Gasteiger partial charge in [0.25, 0.3) is 0 Å². The van der Waals surface area contributed by atoms with E-state index in [0.29, 0.717) is 13.0 Å². The average Bonchev–Trinajstić information content (AvgIpc) is 2.25. The lowest BCUT2D eigenvalue weighted by Crippen LogP contribution is -2.27. The molecule has 0 fully saturated rings. The maximum absolute atomic E-state index is 11.6. The molecule has 1 aromatic rings. The van der Waals surface area contributed by atoms with Gasteiger partial charge in [-0.15, -0.1) is 0 Å². The Balaban J connectivity index is 2.29. The Hall–Kier alpha value is -1.42. The van der Waals surface area contributed by atoms with Crippen molar-refractivity contribution in [3.05, 3.63) is 30.1 Å². The molecule has 0 aliphatic rings. The topological polar surface area (TPSA) is 42.4 Å². The van der Waals surface area contributed by atoms with Crippen LogP contribution in [0.2, 0.25) is 0 Å². The van der Waals surface area contributed by atoms with Gasteiger partial charge in [0.15, 0.2) is 0 Å². The first-order valence-electron chi connectivity index (χ1n) is 6.17. The van der Waals surface area contributed by atoms with Crippen molar-refractivity contribution >= 4 is 5.97 Å². The highest BCUT2D eigenvalue weighted by molar-refractivity contribution is 5.70. The third kappa shape index (κ3) is 6.35. The van der Waals surface area contributed by atoms with Crippen molar-refractivity contribution in [1.29, 1.82) is 0 Å². The van der Waals surface area contributed by atoms with Crippen molar-refractivity contribution in [1.82, 2.24) is 9.88 Å². The minimum absolute atomic E-state index is 0.157. The molecule has 0 amide bonds. The first kappa shape index (κ1) is 14.6. The minimum atomic E-state index is -0.406. The van der Waals surface area contributed by atoms with Crippen LogP contribution in [0.15, 0.2) is 24.4 Å². The number of carbonyl (C=O) groups excluding carboxylic acids is 1. The molecule has 4 nitrogen and oxygen atoms in total. The van der Waals surface area contributed by atoms with Gasteiger partial charge in [0.05, 0.1) is 12.1 Å². The number of ether oxygens (including phenoxy) is 1. The minimum Gasteiger partial charge on any atom is -0.460 e. The zero-order valence-electron chi connectivity index (χ0n) is 11.6. The summed E-state index contributed by atoms with van der Waals surface area (Å²) in [6, 6.07) is 5.83. The Morgan fingerprint density at radius 3 is 2.67 bits per heavy atom. The Morgan fingerprint density at radius 1 is 1.39 bits per heavy atom. The number of hydrogen-bond acceptors (Lipinski definition) is 4. The number of aromatic nitrogens is 1. The van der Waals surface area contributed by atoms with E-state index >= 15 is 0 Å². The third-order valence-electron chi connectivity index (χ3n) is 2.28. The van der Waals surface area contributed by atoms with Crippen LogP contribution in [0.1, 0.15) is 32.9 Å². The fourth-order valence-electron chi connectivity index (χ4n) is 1.52. The monoisotopic (exact) mass is 250 g/mol. The number of carbonyl (C=O) groups is 1. The Bertz CT molecular complexity index is 371. The number of hydrogen-bond donors (Lipinski definition) is 0. The van der Waals surface area contributed by atoms with Crippen LogP contribution >= 0.6 is 0 Å².